The summed E-state index contributed by atoms with van der Waals surface area (Å²) in [5, 5.41) is 1.24. The number of benzene rings is 1. The Balaban J connectivity index is 0.000000531. The average Bonchev–Trinajstić information content (AvgIpc) is 2.20. The Morgan fingerprint density at radius 3 is 2.21 bits per heavy atom. The second kappa shape index (κ2) is 4.63. The van der Waals surface area contributed by atoms with Gasteiger partial charge in [-0.3, -0.25) is 0 Å². The summed E-state index contributed by atoms with van der Waals surface area (Å²) in [6, 6.07) is 10.9. The lowest BCUT2D eigenvalue weighted by Gasteiger charge is -2.44. The summed E-state index contributed by atoms with van der Waals surface area (Å²) in [7, 11) is 1.25. The van der Waals surface area contributed by atoms with Gasteiger partial charge in [0.2, 0.25) is 0 Å². The highest BCUT2D eigenvalue weighted by Gasteiger charge is 2.43. The van der Waals surface area contributed by atoms with Crippen LogP contribution in [0.15, 0.2) is 30.3 Å². The van der Waals surface area contributed by atoms with Gasteiger partial charge in [-0.25, -0.2) is 0 Å². The van der Waals surface area contributed by atoms with E-state index < -0.39 is 0 Å². The summed E-state index contributed by atoms with van der Waals surface area (Å²) >= 11 is 4.15. The fraction of sp³-hybridized carbons (Fsp3) is 0.500. The number of hydrogen-bond donors (Lipinski definition) is 0. The summed E-state index contributed by atoms with van der Waals surface area (Å²) in [6.45, 7) is 4.62. The van der Waals surface area contributed by atoms with Gasteiger partial charge in [0.25, 0.3) is 0 Å². The lowest BCUT2D eigenvalue weighted by molar-refractivity contribution is 0.586. The van der Waals surface area contributed by atoms with Crippen LogP contribution >= 0.6 is 23.5 Å². The van der Waals surface area contributed by atoms with Gasteiger partial charge in [-0.15, -0.1) is 23.5 Å². The smallest absolute Gasteiger partial charge is 0.0899 e. The molecular weight excluding hydrogens is 208 g/mol. The summed E-state index contributed by atoms with van der Waals surface area (Å²) in [5.74, 6) is 0.707. The van der Waals surface area contributed by atoms with Crippen molar-refractivity contribution < 1.29 is 1.37 Å². The molecule has 0 nitrogen and oxygen atoms in total. The minimum atomic E-state index is 0.348. The Morgan fingerprint density at radius 2 is 1.86 bits per heavy atom. The first-order valence-corrected chi connectivity index (χ1v) is 6.56. The molecule has 2 rings (SSSR count). The molecule has 1 fully saturated rings. The molecular formula is C12H18S2. The summed E-state index contributed by atoms with van der Waals surface area (Å²) in [5.41, 5.74) is 1.48. The molecule has 1 saturated heterocycles. The van der Waals surface area contributed by atoms with Crippen LogP contribution in [0.1, 0.15) is 28.2 Å². The monoisotopic (exact) mass is 228 g/mol. The Morgan fingerprint density at radius 1 is 1.29 bits per heavy atom. The van der Waals surface area contributed by atoms with E-state index in [0.717, 1.165) is 0 Å². The van der Waals surface area contributed by atoms with Crippen molar-refractivity contribution in [3.8, 4) is 0 Å². The summed E-state index contributed by atoms with van der Waals surface area (Å²) < 4.78 is 6.10. The molecule has 2 heteroatoms. The second-order valence-corrected chi connectivity index (χ2v) is 6.66. The second-order valence-electron chi connectivity index (χ2n) is 3.59. The van der Waals surface area contributed by atoms with Gasteiger partial charge in [-0.1, -0.05) is 51.6 Å². The Labute approximate surface area is 97.3 Å². The molecule has 78 valence electrons. The highest BCUT2D eigenvalue weighted by molar-refractivity contribution is 8.33. The van der Waals surface area contributed by atoms with E-state index in [2.05, 4.69) is 67.7 Å². The Hall–Kier alpha value is -0.0800. The van der Waals surface area contributed by atoms with Gasteiger partial charge >= 0.3 is 0 Å². The number of rotatable bonds is 2. The lowest BCUT2D eigenvalue weighted by atomic mass is 10.0. The largest absolute Gasteiger partial charge is 0.128 e. The third-order valence-corrected chi connectivity index (χ3v) is 6.40. The molecule has 1 aliphatic rings. The van der Waals surface area contributed by atoms with Gasteiger partial charge in [0.15, 0.2) is 0 Å². The Bertz CT molecular complexity index is 281. The average molecular weight is 228 g/mol. The van der Waals surface area contributed by atoms with Gasteiger partial charge in [0.05, 0.1) is 4.08 Å². The molecule has 0 amide bonds. The molecule has 0 bridgehead atoms. The minimum Gasteiger partial charge on any atom is -0.128 e. The zero-order chi connectivity index (χ0) is 11.3. The van der Waals surface area contributed by atoms with E-state index in [0.29, 0.717) is 10.00 Å². The van der Waals surface area contributed by atoms with Crippen LogP contribution in [0.3, 0.4) is 0 Å². The van der Waals surface area contributed by atoms with Crippen molar-refractivity contribution in [3.63, 3.8) is 0 Å². The van der Waals surface area contributed by atoms with Gasteiger partial charge in [0, 0.05) is 6.46 Å². The first-order valence-electron chi connectivity index (χ1n) is 5.59. The first-order chi connectivity index (χ1) is 7.26. The third-order valence-electron chi connectivity index (χ3n) is 2.48. The predicted molar refractivity (Wildman–Crippen MR) is 69.7 cm³/mol. The maximum Gasteiger partial charge on any atom is 0.0899 e. The molecule has 1 heterocycles. The standard InChI is InChI=1S/C11H14S2.CH4/c1-9(2)11(12-8-13-11)10-6-4-3-5-7-10;/h3-7,9H,8H2,1-2H3;1H4/i;1T. The van der Waals surface area contributed by atoms with Gasteiger partial charge in [-0.2, -0.15) is 0 Å². The molecule has 0 spiro atoms. The van der Waals surface area contributed by atoms with Crippen LogP contribution in [-0.2, 0) is 4.08 Å². The molecule has 1 aromatic rings. The van der Waals surface area contributed by atoms with Crippen molar-refractivity contribution in [1.29, 1.82) is 0 Å². The highest BCUT2D eigenvalue weighted by Crippen LogP contribution is 2.61. The molecule has 0 unspecified atom stereocenters. The molecule has 0 aliphatic carbocycles. The third kappa shape index (κ3) is 1.82. The van der Waals surface area contributed by atoms with Crippen molar-refractivity contribution in [3.05, 3.63) is 35.9 Å². The topological polar surface area (TPSA) is 0 Å². The molecule has 0 saturated carbocycles. The van der Waals surface area contributed by atoms with Gasteiger partial charge in [0.1, 0.15) is 0 Å². The highest BCUT2D eigenvalue weighted by atomic mass is 32.3. The van der Waals surface area contributed by atoms with E-state index in [-0.39, 0.29) is 0 Å². The Kier molecular flexibility index (Phi) is 3.45. The van der Waals surface area contributed by atoms with Crippen LogP contribution in [0, 0.1) is 5.92 Å². The maximum absolute atomic E-state index is 5.75. The molecule has 14 heavy (non-hydrogen) atoms. The van der Waals surface area contributed by atoms with E-state index in [9.17, 15) is 0 Å². The molecule has 0 radical (unpaired) electrons. The number of hydrogen-bond acceptors (Lipinski definition) is 2. The van der Waals surface area contributed by atoms with Gasteiger partial charge in [-0.05, 0) is 11.5 Å². The molecule has 0 N–H and O–H groups in total. The normalized spacial score (nSPS) is 19.0. The zero-order valence-corrected chi connectivity index (χ0v) is 10.6. The quantitative estimate of drug-likeness (QED) is 0.727. The van der Waals surface area contributed by atoms with Crippen molar-refractivity contribution in [2.24, 2.45) is 5.92 Å². The van der Waals surface area contributed by atoms with E-state index in [1.54, 1.807) is 0 Å². The lowest BCUT2D eigenvalue weighted by Crippen LogP contribution is -2.31. The van der Waals surface area contributed by atoms with Crippen LogP contribution in [0.4, 0.5) is 0 Å². The van der Waals surface area contributed by atoms with Crippen LogP contribution in [0.25, 0.3) is 0 Å². The minimum absolute atomic E-state index is 0.348. The maximum atomic E-state index is 5.75. The SMILES string of the molecule is CC(C)C1(c2ccccc2)SCS1.[3H]C. The van der Waals surface area contributed by atoms with E-state index >= 15 is 0 Å². The van der Waals surface area contributed by atoms with E-state index in [1.807, 2.05) is 0 Å². The van der Waals surface area contributed by atoms with Crippen LogP contribution in [0.5, 0.6) is 0 Å². The van der Waals surface area contributed by atoms with Gasteiger partial charge < -0.3 is 0 Å². The molecule has 0 aromatic heterocycles. The fourth-order valence-electron chi connectivity index (χ4n) is 1.69. The first kappa shape index (κ1) is 10.4. The van der Waals surface area contributed by atoms with Crippen molar-refractivity contribution in [2.75, 3.05) is 5.08 Å². The molecule has 0 atom stereocenters. The van der Waals surface area contributed by atoms with Crippen LogP contribution < -0.4 is 0 Å². The molecule has 1 aromatic carbocycles. The van der Waals surface area contributed by atoms with Crippen LogP contribution in [0.2, 0.25) is 0 Å². The zero-order valence-electron chi connectivity index (χ0n) is 9.99. The van der Waals surface area contributed by atoms with E-state index in [4.69, 9.17) is 1.37 Å². The number of thioether (sulfide) groups is 2. The van der Waals surface area contributed by atoms with E-state index in [1.165, 1.54) is 18.1 Å². The summed E-state index contributed by atoms with van der Waals surface area (Å²) in [4.78, 5) is 0. The van der Waals surface area contributed by atoms with Crippen molar-refractivity contribution in [1.82, 2.24) is 0 Å². The van der Waals surface area contributed by atoms with Crippen molar-refractivity contribution in [2.45, 2.75) is 25.3 Å². The molecule has 1 aliphatic heterocycles. The predicted octanol–water partition coefficient (Wildman–Crippen LogP) is 4.57. The fourth-order valence-corrected chi connectivity index (χ4v) is 4.45. The van der Waals surface area contributed by atoms with Crippen LogP contribution in [-0.4, -0.2) is 5.08 Å². The summed E-state index contributed by atoms with van der Waals surface area (Å²) in [6.07, 6.45) is 0. The van der Waals surface area contributed by atoms with Crippen molar-refractivity contribution >= 4 is 23.5 Å².